The minimum atomic E-state index is -0.400. The number of halogens is 2. The van der Waals surface area contributed by atoms with Crippen LogP contribution < -0.4 is 0 Å². The number of nitrogens with zero attached hydrogens (tertiary/aromatic N) is 2. The molecule has 0 aliphatic carbocycles. The lowest BCUT2D eigenvalue weighted by Gasteiger charge is -2.13. The molecule has 4 nitrogen and oxygen atoms in total. The minimum Gasteiger partial charge on any atom is -0.258 e. The van der Waals surface area contributed by atoms with Crippen LogP contribution in [-0.2, 0) is 0 Å². The Kier molecular flexibility index (Phi) is 4.81. The third-order valence-electron chi connectivity index (χ3n) is 5.29. The Morgan fingerprint density at radius 2 is 1.58 bits per heavy atom. The van der Waals surface area contributed by atoms with Crippen molar-refractivity contribution in [3.63, 3.8) is 0 Å². The summed E-state index contributed by atoms with van der Waals surface area (Å²) in [4.78, 5) is 15.6. The standard InChI is InChI=1S/C25H14Cl2N2O2/c26-17-8-11-20(22(27)13-17)24-14-21(16-5-9-18(10-6-16)29(30)31)25-19-4-2-1-3-15(19)7-12-23(25)28-24/h1-14H. The summed E-state index contributed by atoms with van der Waals surface area (Å²) in [5, 5.41) is 15.3. The summed E-state index contributed by atoms with van der Waals surface area (Å²) >= 11 is 12.5. The minimum absolute atomic E-state index is 0.0490. The number of nitro benzene ring substituents is 1. The highest BCUT2D eigenvalue weighted by molar-refractivity contribution is 6.36. The molecule has 5 rings (SSSR count). The average Bonchev–Trinajstić information content (AvgIpc) is 2.78. The topological polar surface area (TPSA) is 56.0 Å². The van der Waals surface area contributed by atoms with E-state index in [-0.39, 0.29) is 5.69 Å². The number of pyridine rings is 1. The quantitative estimate of drug-likeness (QED) is 0.161. The zero-order chi connectivity index (χ0) is 21.5. The Labute approximate surface area is 187 Å². The Morgan fingerprint density at radius 1 is 0.806 bits per heavy atom. The summed E-state index contributed by atoms with van der Waals surface area (Å²) in [6, 6.07) is 26.0. The van der Waals surface area contributed by atoms with Crippen LogP contribution in [0.25, 0.3) is 44.1 Å². The third-order valence-corrected chi connectivity index (χ3v) is 5.84. The van der Waals surface area contributed by atoms with Crippen molar-refractivity contribution < 1.29 is 4.92 Å². The van der Waals surface area contributed by atoms with Crippen molar-refractivity contribution in [2.45, 2.75) is 0 Å². The molecular formula is C25H14Cl2N2O2. The van der Waals surface area contributed by atoms with Crippen LogP contribution in [0.4, 0.5) is 5.69 Å². The van der Waals surface area contributed by atoms with Crippen LogP contribution in [0.2, 0.25) is 10.0 Å². The van der Waals surface area contributed by atoms with Gasteiger partial charge in [-0.05, 0) is 64.4 Å². The Bertz CT molecular complexity index is 1480. The van der Waals surface area contributed by atoms with Crippen LogP contribution in [0.3, 0.4) is 0 Å². The predicted octanol–water partition coefficient (Wildman–Crippen LogP) is 7.94. The molecule has 150 valence electrons. The van der Waals surface area contributed by atoms with Gasteiger partial charge in [0.05, 0.1) is 21.2 Å². The van der Waals surface area contributed by atoms with Crippen LogP contribution in [-0.4, -0.2) is 9.91 Å². The lowest BCUT2D eigenvalue weighted by atomic mass is 9.94. The van der Waals surface area contributed by atoms with E-state index in [0.717, 1.165) is 38.4 Å². The van der Waals surface area contributed by atoms with E-state index < -0.39 is 4.92 Å². The largest absolute Gasteiger partial charge is 0.269 e. The fraction of sp³-hybridized carbons (Fsp3) is 0. The molecular weight excluding hydrogens is 431 g/mol. The molecule has 0 saturated heterocycles. The highest BCUT2D eigenvalue weighted by Gasteiger charge is 2.15. The molecule has 0 bridgehead atoms. The van der Waals surface area contributed by atoms with E-state index in [9.17, 15) is 10.1 Å². The zero-order valence-corrected chi connectivity index (χ0v) is 17.6. The second kappa shape index (κ2) is 7.65. The molecule has 0 spiro atoms. The van der Waals surface area contributed by atoms with Crippen molar-refractivity contribution in [2.24, 2.45) is 0 Å². The van der Waals surface area contributed by atoms with Crippen molar-refractivity contribution in [1.82, 2.24) is 4.98 Å². The van der Waals surface area contributed by atoms with Crippen LogP contribution in [0, 0.1) is 10.1 Å². The predicted molar refractivity (Wildman–Crippen MR) is 127 cm³/mol. The molecule has 0 fully saturated rings. The number of aromatic nitrogens is 1. The molecule has 0 unspecified atom stereocenters. The summed E-state index contributed by atoms with van der Waals surface area (Å²) in [5.41, 5.74) is 4.13. The second-order valence-electron chi connectivity index (χ2n) is 7.16. The van der Waals surface area contributed by atoms with E-state index in [1.165, 1.54) is 12.1 Å². The first-order valence-electron chi connectivity index (χ1n) is 9.54. The molecule has 6 heteroatoms. The summed E-state index contributed by atoms with van der Waals surface area (Å²) < 4.78 is 0. The molecule has 0 saturated carbocycles. The highest BCUT2D eigenvalue weighted by atomic mass is 35.5. The normalized spacial score (nSPS) is 11.2. The van der Waals surface area contributed by atoms with Crippen molar-refractivity contribution >= 4 is 50.6 Å². The molecule has 0 aliphatic rings. The monoisotopic (exact) mass is 444 g/mol. The van der Waals surface area contributed by atoms with E-state index in [1.54, 1.807) is 24.3 Å². The van der Waals surface area contributed by atoms with Crippen LogP contribution in [0.5, 0.6) is 0 Å². The molecule has 1 aromatic heterocycles. The molecule has 5 aromatic rings. The number of benzene rings is 4. The molecule has 4 aromatic carbocycles. The van der Waals surface area contributed by atoms with Crippen molar-refractivity contribution in [2.75, 3.05) is 0 Å². The van der Waals surface area contributed by atoms with E-state index in [4.69, 9.17) is 28.2 Å². The highest BCUT2D eigenvalue weighted by Crippen LogP contribution is 2.38. The number of fused-ring (bicyclic) bond motifs is 3. The molecule has 0 radical (unpaired) electrons. The Hall–Kier alpha value is -3.47. The zero-order valence-electron chi connectivity index (χ0n) is 16.0. The number of non-ortho nitro benzene ring substituents is 1. The summed E-state index contributed by atoms with van der Waals surface area (Å²) in [6.07, 6.45) is 0. The van der Waals surface area contributed by atoms with Gasteiger partial charge in [-0.15, -0.1) is 0 Å². The van der Waals surface area contributed by atoms with Gasteiger partial charge in [-0.3, -0.25) is 10.1 Å². The van der Waals surface area contributed by atoms with Gasteiger partial charge < -0.3 is 0 Å². The summed E-state index contributed by atoms with van der Waals surface area (Å²) in [6.45, 7) is 0. The van der Waals surface area contributed by atoms with Crippen molar-refractivity contribution in [1.29, 1.82) is 0 Å². The number of hydrogen-bond donors (Lipinski definition) is 0. The van der Waals surface area contributed by atoms with Gasteiger partial charge >= 0.3 is 0 Å². The van der Waals surface area contributed by atoms with Gasteiger partial charge in [-0.1, -0.05) is 53.5 Å². The molecule has 0 aliphatic heterocycles. The first kappa shape index (κ1) is 19.5. The molecule has 0 atom stereocenters. The van der Waals surface area contributed by atoms with Gasteiger partial charge in [0.1, 0.15) is 0 Å². The van der Waals surface area contributed by atoms with Gasteiger partial charge in [0.25, 0.3) is 5.69 Å². The Morgan fingerprint density at radius 3 is 2.32 bits per heavy atom. The van der Waals surface area contributed by atoms with Crippen LogP contribution >= 0.6 is 23.2 Å². The molecule has 1 heterocycles. The molecule has 0 amide bonds. The molecule has 0 N–H and O–H groups in total. The lowest BCUT2D eigenvalue weighted by molar-refractivity contribution is -0.384. The lowest BCUT2D eigenvalue weighted by Crippen LogP contribution is -1.93. The van der Waals surface area contributed by atoms with Gasteiger partial charge in [0, 0.05) is 28.1 Å². The first-order valence-corrected chi connectivity index (χ1v) is 10.3. The maximum atomic E-state index is 11.1. The van der Waals surface area contributed by atoms with Gasteiger partial charge in [-0.2, -0.15) is 0 Å². The van der Waals surface area contributed by atoms with E-state index >= 15 is 0 Å². The fourth-order valence-electron chi connectivity index (χ4n) is 3.83. The average molecular weight is 445 g/mol. The van der Waals surface area contributed by atoms with E-state index in [1.807, 2.05) is 36.4 Å². The SMILES string of the molecule is O=[N+]([O-])c1ccc(-c2cc(-c3ccc(Cl)cc3Cl)nc3ccc4ccccc4c23)cc1. The second-order valence-corrected chi connectivity index (χ2v) is 8.01. The maximum absolute atomic E-state index is 11.1. The maximum Gasteiger partial charge on any atom is 0.269 e. The van der Waals surface area contributed by atoms with E-state index in [2.05, 4.69) is 12.1 Å². The van der Waals surface area contributed by atoms with E-state index in [0.29, 0.717) is 15.7 Å². The van der Waals surface area contributed by atoms with Gasteiger partial charge in [0.15, 0.2) is 0 Å². The molecule has 31 heavy (non-hydrogen) atoms. The smallest absolute Gasteiger partial charge is 0.258 e. The van der Waals surface area contributed by atoms with Crippen LogP contribution in [0.1, 0.15) is 0 Å². The first-order chi connectivity index (χ1) is 15.0. The number of rotatable bonds is 3. The van der Waals surface area contributed by atoms with Crippen molar-refractivity contribution in [3.8, 4) is 22.4 Å². The van der Waals surface area contributed by atoms with Crippen molar-refractivity contribution in [3.05, 3.63) is 105 Å². The van der Waals surface area contributed by atoms with Gasteiger partial charge in [0.2, 0.25) is 0 Å². The summed E-state index contributed by atoms with van der Waals surface area (Å²) in [5.74, 6) is 0. The Balaban J connectivity index is 1.85. The van der Waals surface area contributed by atoms with Crippen LogP contribution in [0.15, 0.2) is 84.9 Å². The summed E-state index contributed by atoms with van der Waals surface area (Å²) in [7, 11) is 0. The fourth-order valence-corrected chi connectivity index (χ4v) is 4.34. The number of nitro groups is 1. The number of hydrogen-bond acceptors (Lipinski definition) is 3. The third kappa shape index (κ3) is 3.50. The van der Waals surface area contributed by atoms with Gasteiger partial charge in [-0.25, -0.2) is 4.98 Å².